The van der Waals surface area contributed by atoms with E-state index in [2.05, 4.69) is 36.7 Å². The number of benzene rings is 1. The molecule has 2 heterocycles. The molecule has 6 nitrogen and oxygen atoms in total. The van der Waals surface area contributed by atoms with E-state index in [1.807, 2.05) is 24.3 Å². The van der Waals surface area contributed by atoms with Crippen LogP contribution in [0.1, 0.15) is 16.2 Å². The Bertz CT molecular complexity index is 847. The van der Waals surface area contributed by atoms with Crippen molar-refractivity contribution in [2.45, 2.75) is 6.92 Å². The highest BCUT2D eigenvalue weighted by atomic mass is 79.9. The van der Waals surface area contributed by atoms with Gasteiger partial charge in [-0.2, -0.15) is 0 Å². The molecule has 2 aromatic heterocycles. The van der Waals surface area contributed by atoms with Gasteiger partial charge in [0, 0.05) is 28.1 Å². The lowest BCUT2D eigenvalue weighted by Crippen LogP contribution is -2.14. The summed E-state index contributed by atoms with van der Waals surface area (Å²) in [7, 11) is 0. The topological polar surface area (TPSA) is 80.0 Å². The van der Waals surface area contributed by atoms with E-state index >= 15 is 0 Å². The summed E-state index contributed by atoms with van der Waals surface area (Å²) in [6.07, 6.45) is 1.57. The molecule has 0 unspecified atom stereocenters. The van der Waals surface area contributed by atoms with Crippen molar-refractivity contribution in [3.8, 4) is 0 Å². The van der Waals surface area contributed by atoms with Crippen LogP contribution in [0, 0.1) is 6.92 Å². The Hall–Kier alpha value is -2.67. The van der Waals surface area contributed by atoms with Crippen molar-refractivity contribution in [3.05, 3.63) is 64.6 Å². The van der Waals surface area contributed by atoms with Crippen molar-refractivity contribution in [2.24, 2.45) is 0 Å². The predicted molar refractivity (Wildman–Crippen MR) is 90.9 cm³/mol. The van der Waals surface area contributed by atoms with Gasteiger partial charge in [-0.15, -0.1) is 0 Å². The minimum atomic E-state index is -0.351. The summed E-state index contributed by atoms with van der Waals surface area (Å²) in [6.45, 7) is 1.75. The van der Waals surface area contributed by atoms with Gasteiger partial charge in [0.2, 0.25) is 0 Å². The zero-order valence-electron chi connectivity index (χ0n) is 12.2. The molecule has 0 aliphatic rings. The first-order valence-electron chi connectivity index (χ1n) is 6.83. The molecule has 1 amide bonds. The molecule has 1 aromatic carbocycles. The SMILES string of the molecule is Cc1cc(NC(=O)c2cc(Nc3cccc(Br)c3)ccn2)no1. The molecular formula is C16H13BrN4O2. The zero-order chi connectivity index (χ0) is 16.2. The van der Waals surface area contributed by atoms with Gasteiger partial charge in [-0.1, -0.05) is 27.2 Å². The van der Waals surface area contributed by atoms with Crippen LogP contribution in [0.2, 0.25) is 0 Å². The average Bonchev–Trinajstić information content (AvgIpc) is 2.92. The molecule has 0 spiro atoms. The number of amides is 1. The van der Waals surface area contributed by atoms with Crippen molar-refractivity contribution >= 4 is 39.0 Å². The predicted octanol–water partition coefficient (Wildman–Crippen LogP) is 4.14. The molecule has 3 rings (SSSR count). The summed E-state index contributed by atoms with van der Waals surface area (Å²) in [5.41, 5.74) is 1.95. The number of nitrogens with one attached hydrogen (secondary N) is 2. The van der Waals surface area contributed by atoms with E-state index in [0.717, 1.165) is 15.8 Å². The number of hydrogen-bond acceptors (Lipinski definition) is 5. The first-order chi connectivity index (χ1) is 11.1. The molecule has 3 aromatic rings. The Morgan fingerprint density at radius 2 is 2.00 bits per heavy atom. The highest BCUT2D eigenvalue weighted by Crippen LogP contribution is 2.20. The van der Waals surface area contributed by atoms with Gasteiger partial charge < -0.3 is 15.2 Å². The Labute approximate surface area is 141 Å². The first kappa shape index (κ1) is 15.2. The van der Waals surface area contributed by atoms with Gasteiger partial charge in [0.15, 0.2) is 5.82 Å². The number of carbonyl (C=O) groups excluding carboxylic acids is 1. The summed E-state index contributed by atoms with van der Waals surface area (Å²) in [4.78, 5) is 16.3. The lowest BCUT2D eigenvalue weighted by atomic mass is 10.2. The maximum Gasteiger partial charge on any atom is 0.275 e. The number of nitrogens with zero attached hydrogens (tertiary/aromatic N) is 2. The highest BCUT2D eigenvalue weighted by Gasteiger charge is 2.11. The van der Waals surface area contributed by atoms with Crippen LogP contribution in [-0.4, -0.2) is 16.0 Å². The normalized spacial score (nSPS) is 10.3. The van der Waals surface area contributed by atoms with Crippen LogP contribution in [0.3, 0.4) is 0 Å². The minimum Gasteiger partial charge on any atom is -0.360 e. The van der Waals surface area contributed by atoms with Gasteiger partial charge in [0.05, 0.1) is 0 Å². The molecule has 7 heteroatoms. The second-order valence-corrected chi connectivity index (χ2v) is 5.76. The van der Waals surface area contributed by atoms with Crippen molar-refractivity contribution in [2.75, 3.05) is 10.6 Å². The van der Waals surface area contributed by atoms with E-state index in [0.29, 0.717) is 11.6 Å². The van der Waals surface area contributed by atoms with E-state index in [1.54, 1.807) is 31.3 Å². The smallest absolute Gasteiger partial charge is 0.275 e. The highest BCUT2D eigenvalue weighted by molar-refractivity contribution is 9.10. The fraction of sp³-hybridized carbons (Fsp3) is 0.0625. The molecule has 23 heavy (non-hydrogen) atoms. The summed E-state index contributed by atoms with van der Waals surface area (Å²) in [6, 6.07) is 12.8. The van der Waals surface area contributed by atoms with Crippen molar-refractivity contribution in [1.29, 1.82) is 0 Å². The van der Waals surface area contributed by atoms with Crippen LogP contribution in [0.5, 0.6) is 0 Å². The molecule has 0 atom stereocenters. The van der Waals surface area contributed by atoms with Crippen LogP contribution in [0.4, 0.5) is 17.2 Å². The number of pyridine rings is 1. The van der Waals surface area contributed by atoms with E-state index in [-0.39, 0.29) is 11.6 Å². The maximum atomic E-state index is 12.2. The molecular weight excluding hydrogens is 360 g/mol. The number of rotatable bonds is 4. The lowest BCUT2D eigenvalue weighted by Gasteiger charge is -2.08. The second-order valence-electron chi connectivity index (χ2n) is 4.84. The van der Waals surface area contributed by atoms with Crippen molar-refractivity contribution in [1.82, 2.24) is 10.1 Å². The summed E-state index contributed by atoms with van der Waals surface area (Å²) < 4.78 is 5.88. The third-order valence-corrected chi connectivity index (χ3v) is 3.47. The molecule has 0 aliphatic heterocycles. The number of aromatic nitrogens is 2. The van der Waals surface area contributed by atoms with Gasteiger partial charge in [-0.05, 0) is 37.3 Å². The van der Waals surface area contributed by atoms with Gasteiger partial charge >= 0.3 is 0 Å². The van der Waals surface area contributed by atoms with Crippen molar-refractivity contribution < 1.29 is 9.32 Å². The quantitative estimate of drug-likeness (QED) is 0.719. The summed E-state index contributed by atoms with van der Waals surface area (Å²) in [5, 5.41) is 9.59. The van der Waals surface area contributed by atoms with Crippen LogP contribution in [-0.2, 0) is 0 Å². The molecule has 0 radical (unpaired) electrons. The molecule has 0 fully saturated rings. The zero-order valence-corrected chi connectivity index (χ0v) is 13.8. The summed E-state index contributed by atoms with van der Waals surface area (Å²) in [5.74, 6) is 0.633. The Morgan fingerprint density at radius 1 is 1.17 bits per heavy atom. The van der Waals surface area contributed by atoms with Crippen LogP contribution in [0.15, 0.2) is 57.7 Å². The monoisotopic (exact) mass is 372 g/mol. The molecule has 0 saturated heterocycles. The van der Waals surface area contributed by atoms with E-state index in [9.17, 15) is 4.79 Å². The van der Waals surface area contributed by atoms with Crippen LogP contribution >= 0.6 is 15.9 Å². The third kappa shape index (κ3) is 3.95. The lowest BCUT2D eigenvalue weighted by molar-refractivity contribution is 0.102. The van der Waals surface area contributed by atoms with Crippen LogP contribution < -0.4 is 10.6 Å². The third-order valence-electron chi connectivity index (χ3n) is 2.98. The fourth-order valence-electron chi connectivity index (χ4n) is 1.97. The molecule has 0 aliphatic carbocycles. The Morgan fingerprint density at radius 3 is 2.74 bits per heavy atom. The van der Waals surface area contributed by atoms with E-state index < -0.39 is 0 Å². The minimum absolute atomic E-state index is 0.283. The Kier molecular flexibility index (Phi) is 4.38. The molecule has 116 valence electrons. The molecule has 0 saturated carbocycles. The Balaban J connectivity index is 1.75. The number of hydrogen-bond donors (Lipinski definition) is 2. The van der Waals surface area contributed by atoms with Gasteiger partial charge in [0.1, 0.15) is 11.5 Å². The average molecular weight is 373 g/mol. The van der Waals surface area contributed by atoms with Gasteiger partial charge in [0.25, 0.3) is 5.91 Å². The number of anilines is 3. The standard InChI is InChI=1S/C16H13BrN4O2/c1-10-7-15(21-23-10)20-16(22)14-9-13(5-6-18-14)19-12-4-2-3-11(17)8-12/h2-9H,1H3,(H,18,19)(H,20,21,22). The maximum absolute atomic E-state index is 12.2. The second kappa shape index (κ2) is 6.62. The number of aryl methyl sites for hydroxylation is 1. The van der Waals surface area contributed by atoms with E-state index in [4.69, 9.17) is 4.52 Å². The van der Waals surface area contributed by atoms with Gasteiger partial charge in [-0.3, -0.25) is 9.78 Å². The first-order valence-corrected chi connectivity index (χ1v) is 7.63. The van der Waals surface area contributed by atoms with Gasteiger partial charge in [-0.25, -0.2) is 0 Å². The van der Waals surface area contributed by atoms with Crippen molar-refractivity contribution in [3.63, 3.8) is 0 Å². The number of carbonyl (C=O) groups is 1. The molecule has 2 N–H and O–H groups in total. The molecule has 0 bridgehead atoms. The summed E-state index contributed by atoms with van der Waals surface area (Å²) >= 11 is 3.42. The van der Waals surface area contributed by atoms with E-state index in [1.165, 1.54) is 0 Å². The van der Waals surface area contributed by atoms with Crippen LogP contribution in [0.25, 0.3) is 0 Å². The largest absolute Gasteiger partial charge is 0.360 e. The fourth-order valence-corrected chi connectivity index (χ4v) is 2.37. The number of halogens is 1.